The van der Waals surface area contributed by atoms with E-state index in [9.17, 15) is 20.2 Å². The van der Waals surface area contributed by atoms with Crippen molar-refractivity contribution < 1.29 is 19.9 Å². The minimum absolute atomic E-state index is 0.395. The highest BCUT2D eigenvalue weighted by Crippen LogP contribution is 2.14. The number of hydrogen-bond donors (Lipinski definition) is 0. The Labute approximate surface area is 144 Å². The van der Waals surface area contributed by atoms with Gasteiger partial charge in [-0.25, -0.2) is 0 Å². The molecule has 0 aromatic carbocycles. The molecule has 0 spiro atoms. The number of rotatable bonds is 18. The molecule has 0 aliphatic heterocycles. The van der Waals surface area contributed by atoms with Crippen LogP contribution in [0.5, 0.6) is 0 Å². The van der Waals surface area contributed by atoms with E-state index in [1.807, 2.05) is 0 Å². The van der Waals surface area contributed by atoms with E-state index in [-0.39, 0.29) is 0 Å². The molecule has 0 heterocycles. The standard InChI is InChI=1S/C16H32N2O6/c1-2-3-4-5-6-7-8-9-10-11-12-13-14-16(15-17(19)20)23-24-18(21)22/h16H,2-15H2,1H3. The number of unbranched alkanes of at least 4 members (excludes halogenated alkanes) is 11. The second kappa shape index (κ2) is 16.4. The molecule has 8 heteroatoms. The average molecular weight is 348 g/mol. The summed E-state index contributed by atoms with van der Waals surface area (Å²) in [4.78, 5) is 28.2. The van der Waals surface area contributed by atoms with Crippen LogP contribution < -0.4 is 0 Å². The summed E-state index contributed by atoms with van der Waals surface area (Å²) in [5.41, 5.74) is 0. The Kier molecular flexibility index (Phi) is 15.4. The molecule has 142 valence electrons. The Hall–Kier alpha value is -1.44. The van der Waals surface area contributed by atoms with Crippen molar-refractivity contribution in [2.24, 2.45) is 0 Å². The van der Waals surface area contributed by atoms with Gasteiger partial charge in [-0.15, -0.1) is 15.1 Å². The van der Waals surface area contributed by atoms with E-state index in [1.54, 1.807) is 0 Å². The van der Waals surface area contributed by atoms with Crippen molar-refractivity contribution >= 4 is 0 Å². The van der Waals surface area contributed by atoms with Crippen molar-refractivity contribution in [1.29, 1.82) is 0 Å². The quantitative estimate of drug-likeness (QED) is 0.151. The van der Waals surface area contributed by atoms with Crippen LogP contribution in [0, 0.1) is 20.2 Å². The van der Waals surface area contributed by atoms with E-state index in [0.717, 1.165) is 19.3 Å². The van der Waals surface area contributed by atoms with Gasteiger partial charge < -0.3 is 0 Å². The molecule has 0 amide bonds. The van der Waals surface area contributed by atoms with Crippen LogP contribution in [0.1, 0.15) is 90.4 Å². The molecule has 0 aliphatic carbocycles. The van der Waals surface area contributed by atoms with Crippen molar-refractivity contribution in [3.05, 3.63) is 20.2 Å². The number of hydrogen-bond acceptors (Lipinski definition) is 6. The van der Waals surface area contributed by atoms with E-state index in [4.69, 9.17) is 0 Å². The monoisotopic (exact) mass is 348 g/mol. The lowest BCUT2D eigenvalue weighted by atomic mass is 10.0. The summed E-state index contributed by atoms with van der Waals surface area (Å²) in [6.07, 6.45) is 13.9. The SMILES string of the molecule is CCCCCCCCCCCCCCC(C[N+](=O)[O-])OO[N+](=O)[O-]. The first-order valence-corrected chi connectivity index (χ1v) is 9.16. The molecule has 1 unspecified atom stereocenters. The summed E-state index contributed by atoms with van der Waals surface area (Å²) >= 11 is 0. The molecule has 0 aromatic heterocycles. The van der Waals surface area contributed by atoms with Crippen LogP contribution in [0.15, 0.2) is 0 Å². The van der Waals surface area contributed by atoms with Crippen LogP contribution in [0.2, 0.25) is 0 Å². The zero-order chi connectivity index (χ0) is 18.0. The second-order valence-corrected chi connectivity index (χ2v) is 6.21. The lowest BCUT2D eigenvalue weighted by molar-refractivity contribution is -0.856. The maximum Gasteiger partial charge on any atom is 0.322 e. The molecule has 1 atom stereocenters. The summed E-state index contributed by atoms with van der Waals surface area (Å²) in [7, 11) is 0. The first-order chi connectivity index (χ1) is 11.6. The first-order valence-electron chi connectivity index (χ1n) is 9.16. The molecule has 0 aromatic rings. The fraction of sp³-hybridized carbons (Fsp3) is 1.00. The summed E-state index contributed by atoms with van der Waals surface area (Å²) in [5, 5.41) is 19.4. The van der Waals surface area contributed by atoms with Crippen LogP contribution in [-0.4, -0.2) is 22.7 Å². The van der Waals surface area contributed by atoms with Crippen LogP contribution in [0.3, 0.4) is 0 Å². The highest BCUT2D eigenvalue weighted by atomic mass is 17.3. The van der Waals surface area contributed by atoms with Gasteiger partial charge >= 0.3 is 5.09 Å². The maximum absolute atomic E-state index is 10.5. The van der Waals surface area contributed by atoms with Gasteiger partial charge in [0, 0.05) is 4.92 Å². The van der Waals surface area contributed by atoms with Crippen molar-refractivity contribution in [2.75, 3.05) is 6.54 Å². The molecular weight excluding hydrogens is 316 g/mol. The van der Waals surface area contributed by atoms with Gasteiger partial charge in [-0.2, -0.15) is 4.89 Å². The van der Waals surface area contributed by atoms with Crippen LogP contribution in [0.25, 0.3) is 0 Å². The van der Waals surface area contributed by atoms with Gasteiger partial charge in [0.25, 0.3) is 0 Å². The predicted molar refractivity (Wildman–Crippen MR) is 90.5 cm³/mol. The topological polar surface area (TPSA) is 105 Å². The Morgan fingerprint density at radius 3 is 1.67 bits per heavy atom. The fourth-order valence-corrected chi connectivity index (χ4v) is 2.65. The van der Waals surface area contributed by atoms with Crippen molar-refractivity contribution in [2.45, 2.75) is 96.5 Å². The average Bonchev–Trinajstić information content (AvgIpc) is 2.52. The molecule has 0 bridgehead atoms. The normalized spacial score (nSPS) is 12.0. The van der Waals surface area contributed by atoms with Gasteiger partial charge in [0.05, 0.1) is 0 Å². The van der Waals surface area contributed by atoms with Gasteiger partial charge in [-0.1, -0.05) is 84.0 Å². The summed E-state index contributed by atoms with van der Waals surface area (Å²) < 4.78 is 0. The van der Waals surface area contributed by atoms with Gasteiger partial charge in [-0.3, -0.25) is 10.1 Å². The van der Waals surface area contributed by atoms with Crippen molar-refractivity contribution in [3.8, 4) is 0 Å². The summed E-state index contributed by atoms with van der Waals surface area (Å²) in [6.45, 7) is 1.74. The van der Waals surface area contributed by atoms with Gasteiger partial charge in [0.15, 0.2) is 6.10 Å². The largest absolute Gasteiger partial charge is 0.322 e. The number of nitro groups is 1. The summed E-state index contributed by atoms with van der Waals surface area (Å²) in [5.74, 6) is 0. The summed E-state index contributed by atoms with van der Waals surface area (Å²) in [6, 6.07) is 0. The third-order valence-corrected chi connectivity index (χ3v) is 3.97. The molecule has 0 aliphatic rings. The second-order valence-electron chi connectivity index (χ2n) is 6.21. The highest BCUT2D eigenvalue weighted by molar-refractivity contribution is 4.56. The maximum atomic E-state index is 10.5. The molecule has 0 radical (unpaired) electrons. The zero-order valence-corrected chi connectivity index (χ0v) is 14.8. The highest BCUT2D eigenvalue weighted by Gasteiger charge is 2.18. The third-order valence-electron chi connectivity index (χ3n) is 3.97. The molecule has 24 heavy (non-hydrogen) atoms. The van der Waals surface area contributed by atoms with Crippen LogP contribution >= 0.6 is 0 Å². The zero-order valence-electron chi connectivity index (χ0n) is 14.8. The van der Waals surface area contributed by atoms with Gasteiger partial charge in [0.1, 0.15) is 0 Å². The molecule has 0 fully saturated rings. The Bertz CT molecular complexity index is 328. The molecule has 8 nitrogen and oxygen atoms in total. The van der Waals surface area contributed by atoms with Crippen LogP contribution in [-0.2, 0) is 9.88 Å². The molecule has 0 saturated heterocycles. The molecule has 0 N–H and O–H groups in total. The lowest BCUT2D eigenvalue weighted by Gasteiger charge is -2.10. The molecule has 0 saturated carbocycles. The minimum atomic E-state index is -1.10. The fourth-order valence-electron chi connectivity index (χ4n) is 2.65. The van der Waals surface area contributed by atoms with Crippen LogP contribution in [0.4, 0.5) is 0 Å². The van der Waals surface area contributed by atoms with Crippen molar-refractivity contribution in [3.63, 3.8) is 0 Å². The Morgan fingerprint density at radius 1 is 0.792 bits per heavy atom. The van der Waals surface area contributed by atoms with Crippen molar-refractivity contribution in [1.82, 2.24) is 0 Å². The molecule has 0 rings (SSSR count). The Balaban J connectivity index is 3.47. The van der Waals surface area contributed by atoms with E-state index in [1.165, 1.54) is 57.8 Å². The predicted octanol–water partition coefficient (Wildman–Crippen LogP) is 4.86. The first kappa shape index (κ1) is 22.6. The van der Waals surface area contributed by atoms with E-state index < -0.39 is 22.7 Å². The number of nitrogens with zero attached hydrogens (tertiary/aromatic N) is 2. The van der Waals surface area contributed by atoms with E-state index in [0.29, 0.717) is 6.42 Å². The van der Waals surface area contributed by atoms with E-state index in [2.05, 4.69) is 16.8 Å². The van der Waals surface area contributed by atoms with E-state index >= 15 is 0 Å². The Morgan fingerprint density at radius 2 is 1.25 bits per heavy atom. The lowest BCUT2D eigenvalue weighted by Crippen LogP contribution is -2.24. The van der Waals surface area contributed by atoms with Gasteiger partial charge in [-0.05, 0) is 6.42 Å². The minimum Gasteiger partial charge on any atom is -0.264 e. The van der Waals surface area contributed by atoms with Gasteiger partial charge in [0.2, 0.25) is 6.54 Å². The molecular formula is C16H32N2O6. The third kappa shape index (κ3) is 16.9. The smallest absolute Gasteiger partial charge is 0.264 e.